The molecule has 1 aromatic rings. The van der Waals surface area contributed by atoms with Crippen molar-refractivity contribution in [2.45, 2.75) is 26.4 Å². The molecule has 0 bridgehead atoms. The van der Waals surface area contributed by atoms with Crippen molar-refractivity contribution < 1.29 is 10.2 Å². The second-order valence-corrected chi connectivity index (χ2v) is 4.71. The fraction of sp³-hybridized carbons (Fsp3) is 0.500. The summed E-state index contributed by atoms with van der Waals surface area (Å²) in [6.07, 6.45) is 0. The number of hydrogen-bond acceptors (Lipinski definition) is 3. The first-order valence-electron chi connectivity index (χ1n) is 5.03. The molecule has 15 heavy (non-hydrogen) atoms. The molecule has 3 heteroatoms. The predicted octanol–water partition coefficient (Wildman–Crippen LogP) is 1.58. The molecule has 1 unspecified atom stereocenters. The maximum absolute atomic E-state index is 10.4. The molecule has 0 aliphatic carbocycles. The van der Waals surface area contributed by atoms with E-state index in [4.69, 9.17) is 5.73 Å². The van der Waals surface area contributed by atoms with Crippen LogP contribution in [0.4, 0.5) is 0 Å². The van der Waals surface area contributed by atoms with Gasteiger partial charge in [-0.15, -0.1) is 0 Å². The number of aromatic hydroxyl groups is 1. The Morgan fingerprint density at radius 3 is 2.00 bits per heavy atom. The largest absolute Gasteiger partial charge is 0.508 e. The number of benzene rings is 1. The third-order valence-corrected chi connectivity index (χ3v) is 3.26. The van der Waals surface area contributed by atoms with E-state index in [1.54, 1.807) is 31.2 Å². The Kier molecular flexibility index (Phi) is 3.07. The molecule has 0 saturated heterocycles. The highest BCUT2D eigenvalue weighted by Gasteiger charge is 2.39. The van der Waals surface area contributed by atoms with E-state index in [9.17, 15) is 10.2 Å². The van der Waals surface area contributed by atoms with Crippen LogP contribution in [0.15, 0.2) is 24.3 Å². The second-order valence-electron chi connectivity index (χ2n) is 4.71. The van der Waals surface area contributed by atoms with Crippen LogP contribution < -0.4 is 5.73 Å². The van der Waals surface area contributed by atoms with Gasteiger partial charge in [-0.3, -0.25) is 0 Å². The van der Waals surface area contributed by atoms with Crippen molar-refractivity contribution in [3.8, 4) is 5.75 Å². The fourth-order valence-corrected chi connectivity index (χ4v) is 1.38. The van der Waals surface area contributed by atoms with Crippen LogP contribution in [-0.2, 0) is 5.60 Å². The van der Waals surface area contributed by atoms with Gasteiger partial charge in [-0.2, -0.15) is 0 Å². The summed E-state index contributed by atoms with van der Waals surface area (Å²) in [5.41, 5.74) is 4.99. The van der Waals surface area contributed by atoms with Gasteiger partial charge in [0.15, 0.2) is 0 Å². The van der Waals surface area contributed by atoms with E-state index >= 15 is 0 Å². The van der Waals surface area contributed by atoms with E-state index in [0.717, 1.165) is 5.56 Å². The standard InChI is InChI=1S/C12H19NO2/c1-11(2,8-13)12(3,15)9-4-6-10(14)7-5-9/h4-7,14-15H,8,13H2,1-3H3. The van der Waals surface area contributed by atoms with E-state index in [1.165, 1.54) is 0 Å². The van der Waals surface area contributed by atoms with Crippen LogP contribution in [-0.4, -0.2) is 16.8 Å². The first kappa shape index (κ1) is 12.0. The smallest absolute Gasteiger partial charge is 0.115 e. The molecule has 1 aromatic carbocycles. The number of hydrogen-bond donors (Lipinski definition) is 3. The Bertz CT molecular complexity index is 328. The summed E-state index contributed by atoms with van der Waals surface area (Å²) in [5.74, 6) is 0.195. The summed E-state index contributed by atoms with van der Waals surface area (Å²) in [4.78, 5) is 0. The first-order valence-corrected chi connectivity index (χ1v) is 5.03. The Morgan fingerprint density at radius 2 is 1.60 bits per heavy atom. The highest BCUT2D eigenvalue weighted by atomic mass is 16.3. The minimum Gasteiger partial charge on any atom is -0.508 e. The summed E-state index contributed by atoms with van der Waals surface area (Å²) in [6.45, 7) is 5.97. The highest BCUT2D eigenvalue weighted by molar-refractivity contribution is 5.30. The van der Waals surface area contributed by atoms with Gasteiger partial charge in [0, 0.05) is 12.0 Å². The van der Waals surface area contributed by atoms with Crippen molar-refractivity contribution in [2.75, 3.05) is 6.54 Å². The lowest BCUT2D eigenvalue weighted by atomic mass is 9.72. The van der Waals surface area contributed by atoms with Crippen LogP contribution in [0.1, 0.15) is 26.3 Å². The Labute approximate surface area is 90.5 Å². The molecule has 0 aliphatic heterocycles. The van der Waals surface area contributed by atoms with Gasteiger partial charge in [-0.25, -0.2) is 0 Å². The Morgan fingerprint density at radius 1 is 1.13 bits per heavy atom. The lowest BCUT2D eigenvalue weighted by molar-refractivity contribution is -0.0521. The molecule has 0 aliphatic rings. The van der Waals surface area contributed by atoms with Crippen molar-refractivity contribution in [1.82, 2.24) is 0 Å². The van der Waals surface area contributed by atoms with Crippen molar-refractivity contribution in [2.24, 2.45) is 11.1 Å². The summed E-state index contributed by atoms with van der Waals surface area (Å²) in [6, 6.07) is 6.56. The molecule has 84 valence electrons. The normalized spacial score (nSPS) is 16.1. The summed E-state index contributed by atoms with van der Waals surface area (Å²) < 4.78 is 0. The highest BCUT2D eigenvalue weighted by Crippen LogP contribution is 2.38. The van der Waals surface area contributed by atoms with Gasteiger partial charge in [0.25, 0.3) is 0 Å². The van der Waals surface area contributed by atoms with Crippen LogP contribution in [0.5, 0.6) is 5.75 Å². The van der Waals surface area contributed by atoms with Crippen LogP contribution in [0.3, 0.4) is 0 Å². The molecular formula is C12H19NO2. The molecule has 0 radical (unpaired) electrons. The molecule has 0 saturated carbocycles. The predicted molar refractivity (Wildman–Crippen MR) is 60.5 cm³/mol. The maximum atomic E-state index is 10.4. The zero-order chi connectivity index (χ0) is 11.7. The molecular weight excluding hydrogens is 190 g/mol. The zero-order valence-corrected chi connectivity index (χ0v) is 9.49. The minimum atomic E-state index is -1.00. The average Bonchev–Trinajstić information content (AvgIpc) is 2.18. The van der Waals surface area contributed by atoms with Crippen molar-refractivity contribution in [3.63, 3.8) is 0 Å². The van der Waals surface area contributed by atoms with E-state index in [2.05, 4.69) is 0 Å². The fourth-order valence-electron chi connectivity index (χ4n) is 1.38. The van der Waals surface area contributed by atoms with E-state index < -0.39 is 11.0 Å². The van der Waals surface area contributed by atoms with Gasteiger partial charge >= 0.3 is 0 Å². The Balaban J connectivity index is 3.10. The lowest BCUT2D eigenvalue weighted by Crippen LogP contribution is -2.44. The van der Waals surface area contributed by atoms with E-state index in [-0.39, 0.29) is 5.75 Å². The Hall–Kier alpha value is -1.06. The van der Waals surface area contributed by atoms with Gasteiger partial charge in [0.05, 0.1) is 5.60 Å². The van der Waals surface area contributed by atoms with Crippen LogP contribution in [0.25, 0.3) is 0 Å². The topological polar surface area (TPSA) is 66.5 Å². The van der Waals surface area contributed by atoms with Gasteiger partial charge in [0.1, 0.15) is 5.75 Å². The average molecular weight is 209 g/mol. The second kappa shape index (κ2) is 3.83. The van der Waals surface area contributed by atoms with E-state index in [0.29, 0.717) is 6.54 Å². The van der Waals surface area contributed by atoms with Crippen molar-refractivity contribution >= 4 is 0 Å². The van der Waals surface area contributed by atoms with Crippen LogP contribution in [0.2, 0.25) is 0 Å². The molecule has 3 nitrogen and oxygen atoms in total. The molecule has 1 atom stereocenters. The molecule has 1 rings (SSSR count). The molecule has 4 N–H and O–H groups in total. The van der Waals surface area contributed by atoms with Crippen LogP contribution in [0, 0.1) is 5.41 Å². The van der Waals surface area contributed by atoms with Crippen molar-refractivity contribution in [3.05, 3.63) is 29.8 Å². The quantitative estimate of drug-likeness (QED) is 0.708. The maximum Gasteiger partial charge on any atom is 0.115 e. The molecule has 0 aromatic heterocycles. The number of phenols is 1. The first-order chi connectivity index (χ1) is 6.81. The summed E-state index contributed by atoms with van der Waals surface area (Å²) in [5, 5.41) is 19.6. The zero-order valence-electron chi connectivity index (χ0n) is 9.49. The SMILES string of the molecule is CC(C)(CN)C(C)(O)c1ccc(O)cc1. The number of phenolic OH excluding ortho intramolecular Hbond substituents is 1. The van der Waals surface area contributed by atoms with Gasteiger partial charge < -0.3 is 15.9 Å². The molecule has 0 amide bonds. The van der Waals surface area contributed by atoms with E-state index in [1.807, 2.05) is 13.8 Å². The summed E-state index contributed by atoms with van der Waals surface area (Å²) >= 11 is 0. The number of aliphatic hydroxyl groups is 1. The number of nitrogens with two attached hydrogens (primary N) is 1. The molecule has 0 fully saturated rings. The minimum absolute atomic E-state index is 0.195. The summed E-state index contributed by atoms with van der Waals surface area (Å²) in [7, 11) is 0. The number of rotatable bonds is 3. The lowest BCUT2D eigenvalue weighted by Gasteiger charge is -2.39. The van der Waals surface area contributed by atoms with Crippen LogP contribution >= 0.6 is 0 Å². The van der Waals surface area contributed by atoms with Gasteiger partial charge in [-0.05, 0) is 24.6 Å². The molecule has 0 heterocycles. The third kappa shape index (κ3) is 2.13. The third-order valence-electron chi connectivity index (χ3n) is 3.26. The monoisotopic (exact) mass is 209 g/mol. The molecule has 0 spiro atoms. The van der Waals surface area contributed by atoms with Gasteiger partial charge in [0.2, 0.25) is 0 Å². The van der Waals surface area contributed by atoms with Crippen molar-refractivity contribution in [1.29, 1.82) is 0 Å². The van der Waals surface area contributed by atoms with Gasteiger partial charge in [-0.1, -0.05) is 26.0 Å².